The van der Waals surface area contributed by atoms with Gasteiger partial charge in [0.25, 0.3) is 0 Å². The summed E-state index contributed by atoms with van der Waals surface area (Å²) in [5.41, 5.74) is 2.04. The number of hydrogen-bond donors (Lipinski definition) is 0. The lowest BCUT2D eigenvalue weighted by atomic mass is 10.1. The van der Waals surface area contributed by atoms with Crippen LogP contribution in [-0.2, 0) is 0 Å². The second-order valence-corrected chi connectivity index (χ2v) is 6.62. The highest BCUT2D eigenvalue weighted by Crippen LogP contribution is 2.26. The third kappa shape index (κ3) is 3.33. The zero-order chi connectivity index (χ0) is 15.5. The lowest BCUT2D eigenvalue weighted by Gasteiger charge is -2.39. The molecule has 2 aromatic carbocycles. The monoisotopic (exact) mass is 362 g/mol. The van der Waals surface area contributed by atoms with Crippen LogP contribution in [0.25, 0.3) is 0 Å². The van der Waals surface area contributed by atoms with Crippen LogP contribution in [0.15, 0.2) is 53.0 Å². The van der Waals surface area contributed by atoms with Crippen molar-refractivity contribution < 1.29 is 4.39 Å². The molecule has 1 aliphatic heterocycles. The lowest BCUT2D eigenvalue weighted by molar-refractivity contribution is 0.198. The molecule has 3 rings (SSSR count). The van der Waals surface area contributed by atoms with Crippen LogP contribution in [0, 0.1) is 5.82 Å². The summed E-state index contributed by atoms with van der Waals surface area (Å²) in [4.78, 5) is 4.60. The summed E-state index contributed by atoms with van der Waals surface area (Å²) in [7, 11) is 0. The fourth-order valence-corrected chi connectivity index (χ4v) is 3.27. The summed E-state index contributed by atoms with van der Waals surface area (Å²) in [5.74, 6) is -0.128. The molecular weight excluding hydrogens is 343 g/mol. The van der Waals surface area contributed by atoms with Gasteiger partial charge in [0.2, 0.25) is 0 Å². The Morgan fingerprint density at radius 1 is 0.955 bits per heavy atom. The molecule has 0 radical (unpaired) electrons. The van der Waals surface area contributed by atoms with Crippen molar-refractivity contribution in [1.82, 2.24) is 4.90 Å². The zero-order valence-electron chi connectivity index (χ0n) is 12.7. The Balaban J connectivity index is 1.64. The van der Waals surface area contributed by atoms with E-state index in [1.807, 2.05) is 12.1 Å². The van der Waals surface area contributed by atoms with Crippen molar-refractivity contribution >= 4 is 21.6 Å². The minimum absolute atomic E-state index is 0.128. The number of hydrogen-bond acceptors (Lipinski definition) is 2. The number of rotatable bonds is 3. The van der Waals surface area contributed by atoms with E-state index in [0.29, 0.717) is 6.04 Å². The van der Waals surface area contributed by atoms with Crippen LogP contribution in [0.1, 0.15) is 18.5 Å². The summed E-state index contributed by atoms with van der Waals surface area (Å²) in [6.07, 6.45) is 0. The minimum atomic E-state index is -0.128. The molecule has 116 valence electrons. The number of piperazine rings is 1. The molecule has 0 N–H and O–H groups in total. The maximum atomic E-state index is 13.9. The Labute approximate surface area is 139 Å². The van der Waals surface area contributed by atoms with E-state index in [-0.39, 0.29) is 5.82 Å². The van der Waals surface area contributed by atoms with Gasteiger partial charge < -0.3 is 4.90 Å². The van der Waals surface area contributed by atoms with Gasteiger partial charge in [0.15, 0.2) is 0 Å². The van der Waals surface area contributed by atoms with Gasteiger partial charge in [0.1, 0.15) is 5.82 Å². The Hall–Kier alpha value is -1.39. The molecule has 4 heteroatoms. The van der Waals surface area contributed by atoms with Crippen molar-refractivity contribution in [3.8, 4) is 0 Å². The molecule has 2 aromatic rings. The maximum absolute atomic E-state index is 13.9. The Bertz CT molecular complexity index is 621. The highest BCUT2D eigenvalue weighted by molar-refractivity contribution is 9.10. The SMILES string of the molecule is CC(c1ccc(Br)cc1)N1CCN(c2ccccc2F)CC1. The highest BCUT2D eigenvalue weighted by atomic mass is 79.9. The van der Waals surface area contributed by atoms with Gasteiger partial charge in [0, 0.05) is 36.7 Å². The first kappa shape index (κ1) is 15.5. The van der Waals surface area contributed by atoms with Crippen molar-refractivity contribution in [3.63, 3.8) is 0 Å². The van der Waals surface area contributed by atoms with Crippen molar-refractivity contribution in [3.05, 3.63) is 64.4 Å². The molecule has 1 fully saturated rings. The third-order valence-corrected chi connectivity index (χ3v) is 4.94. The van der Waals surface area contributed by atoms with Crippen molar-refractivity contribution in [2.45, 2.75) is 13.0 Å². The summed E-state index contributed by atoms with van der Waals surface area (Å²) in [6, 6.07) is 15.9. The third-order valence-electron chi connectivity index (χ3n) is 4.41. The summed E-state index contributed by atoms with van der Waals surface area (Å²) < 4.78 is 15.0. The van der Waals surface area contributed by atoms with Gasteiger partial charge >= 0.3 is 0 Å². The second kappa shape index (κ2) is 6.80. The Morgan fingerprint density at radius 3 is 2.23 bits per heavy atom. The van der Waals surface area contributed by atoms with Gasteiger partial charge in [0.05, 0.1) is 5.69 Å². The number of benzene rings is 2. The molecule has 0 amide bonds. The van der Waals surface area contributed by atoms with E-state index in [4.69, 9.17) is 0 Å². The van der Waals surface area contributed by atoms with Crippen molar-refractivity contribution in [1.29, 1.82) is 0 Å². The molecule has 2 nitrogen and oxygen atoms in total. The summed E-state index contributed by atoms with van der Waals surface area (Å²) in [6.45, 7) is 5.86. The molecule has 1 saturated heterocycles. The zero-order valence-corrected chi connectivity index (χ0v) is 14.3. The second-order valence-electron chi connectivity index (χ2n) is 5.70. The van der Waals surface area contributed by atoms with E-state index in [9.17, 15) is 4.39 Å². The molecule has 0 aliphatic carbocycles. The molecular formula is C18H20BrFN2. The van der Waals surface area contributed by atoms with Crippen LogP contribution < -0.4 is 4.90 Å². The molecule has 1 heterocycles. The maximum Gasteiger partial charge on any atom is 0.146 e. The number of nitrogens with zero attached hydrogens (tertiary/aromatic N) is 2. The van der Waals surface area contributed by atoms with Gasteiger partial charge in [-0.1, -0.05) is 40.2 Å². The summed E-state index contributed by atoms with van der Waals surface area (Å²) in [5, 5.41) is 0. The van der Waals surface area contributed by atoms with E-state index in [0.717, 1.165) is 36.3 Å². The normalized spacial score (nSPS) is 17.5. The van der Waals surface area contributed by atoms with Crippen LogP contribution in [0.2, 0.25) is 0 Å². The van der Waals surface area contributed by atoms with E-state index in [1.165, 1.54) is 11.6 Å². The van der Waals surface area contributed by atoms with Gasteiger partial charge in [-0.25, -0.2) is 4.39 Å². The first-order valence-corrected chi connectivity index (χ1v) is 8.43. The number of anilines is 1. The highest BCUT2D eigenvalue weighted by Gasteiger charge is 2.23. The fraction of sp³-hybridized carbons (Fsp3) is 0.333. The molecule has 0 aromatic heterocycles. The molecule has 0 bridgehead atoms. The van der Waals surface area contributed by atoms with Crippen molar-refractivity contribution in [2.24, 2.45) is 0 Å². The van der Waals surface area contributed by atoms with Gasteiger partial charge in [-0.15, -0.1) is 0 Å². The number of para-hydroxylation sites is 1. The van der Waals surface area contributed by atoms with E-state index in [2.05, 4.69) is 56.9 Å². The van der Waals surface area contributed by atoms with E-state index >= 15 is 0 Å². The lowest BCUT2D eigenvalue weighted by Crippen LogP contribution is -2.47. The Morgan fingerprint density at radius 2 is 1.59 bits per heavy atom. The summed E-state index contributed by atoms with van der Waals surface area (Å²) >= 11 is 3.48. The Kier molecular flexibility index (Phi) is 4.79. The topological polar surface area (TPSA) is 6.48 Å². The molecule has 0 spiro atoms. The van der Waals surface area contributed by atoms with Crippen LogP contribution in [0.4, 0.5) is 10.1 Å². The van der Waals surface area contributed by atoms with Gasteiger partial charge in [-0.05, 0) is 36.8 Å². The van der Waals surface area contributed by atoms with E-state index < -0.39 is 0 Å². The first-order valence-electron chi connectivity index (χ1n) is 7.64. The van der Waals surface area contributed by atoms with E-state index in [1.54, 1.807) is 6.07 Å². The molecule has 1 unspecified atom stereocenters. The van der Waals surface area contributed by atoms with Gasteiger partial charge in [-0.3, -0.25) is 4.90 Å². The van der Waals surface area contributed by atoms with Crippen LogP contribution in [0.5, 0.6) is 0 Å². The first-order chi connectivity index (χ1) is 10.6. The fourth-order valence-electron chi connectivity index (χ4n) is 3.01. The van der Waals surface area contributed by atoms with Crippen LogP contribution in [0.3, 0.4) is 0 Å². The predicted molar refractivity (Wildman–Crippen MR) is 92.7 cm³/mol. The minimum Gasteiger partial charge on any atom is -0.367 e. The quantitative estimate of drug-likeness (QED) is 0.794. The van der Waals surface area contributed by atoms with Crippen LogP contribution >= 0.6 is 15.9 Å². The van der Waals surface area contributed by atoms with Gasteiger partial charge in [-0.2, -0.15) is 0 Å². The smallest absolute Gasteiger partial charge is 0.146 e. The molecule has 1 aliphatic rings. The van der Waals surface area contributed by atoms with Crippen molar-refractivity contribution in [2.75, 3.05) is 31.1 Å². The molecule has 0 saturated carbocycles. The van der Waals surface area contributed by atoms with Crippen LogP contribution in [-0.4, -0.2) is 31.1 Å². The molecule has 22 heavy (non-hydrogen) atoms. The average molecular weight is 363 g/mol. The standard InChI is InChI=1S/C18H20BrFN2/c1-14(15-6-8-16(19)9-7-15)21-10-12-22(13-11-21)18-5-3-2-4-17(18)20/h2-9,14H,10-13H2,1H3. The predicted octanol–water partition coefficient (Wildman–Crippen LogP) is 4.47. The number of halogens is 2. The largest absolute Gasteiger partial charge is 0.367 e. The molecule has 1 atom stereocenters. The average Bonchev–Trinajstić information content (AvgIpc) is 2.56.